The van der Waals surface area contributed by atoms with E-state index in [4.69, 9.17) is 9.88 Å². The maximum atomic E-state index is 12.1. The number of nitrogens with zero attached hydrogens (tertiary/aromatic N) is 2. The zero-order valence-electron chi connectivity index (χ0n) is 17.6. The molecule has 176 valence electrons. The minimum atomic E-state index is -3.85. The Morgan fingerprint density at radius 3 is 2.34 bits per heavy atom. The molecule has 0 unspecified atom stereocenters. The molecule has 0 radical (unpaired) electrons. The van der Waals surface area contributed by atoms with E-state index in [-0.39, 0.29) is 29.4 Å². The number of aromatic nitrogens is 2. The molecule has 1 amide bonds. The molecular weight excluding hydrogens is 462 g/mol. The number of carbonyl (C=O) groups excluding carboxylic acids is 2. The van der Waals surface area contributed by atoms with Crippen LogP contribution in [0.3, 0.4) is 0 Å². The summed E-state index contributed by atoms with van der Waals surface area (Å²) < 4.78 is 55.3. The Morgan fingerprint density at radius 2 is 1.78 bits per heavy atom. The highest BCUT2D eigenvalue weighted by atomic mass is 32.2. The number of amides is 1. The summed E-state index contributed by atoms with van der Waals surface area (Å²) in [5.74, 6) is -0.737. The van der Waals surface area contributed by atoms with Crippen LogP contribution in [-0.4, -0.2) is 58.0 Å². The van der Waals surface area contributed by atoms with Gasteiger partial charge in [0.15, 0.2) is 11.6 Å². The summed E-state index contributed by atoms with van der Waals surface area (Å²) in [6.45, 7) is 1.20. The summed E-state index contributed by atoms with van der Waals surface area (Å²) in [6.07, 6.45) is 1.53. The number of primary sulfonamides is 1. The van der Waals surface area contributed by atoms with Gasteiger partial charge in [0.05, 0.1) is 11.3 Å². The fraction of sp³-hybridized carbons (Fsp3) is 0.389. The molecule has 0 saturated carbocycles. The third kappa shape index (κ3) is 7.71. The van der Waals surface area contributed by atoms with Gasteiger partial charge in [0.1, 0.15) is 5.82 Å². The highest BCUT2D eigenvalue weighted by molar-refractivity contribution is 7.89. The van der Waals surface area contributed by atoms with E-state index in [2.05, 4.69) is 15.0 Å². The first-order chi connectivity index (χ1) is 14.9. The van der Waals surface area contributed by atoms with Gasteiger partial charge in [-0.3, -0.25) is 9.59 Å². The Kier molecular flexibility index (Phi) is 8.49. The first-order valence-electron chi connectivity index (χ1n) is 9.42. The number of benzene rings is 1. The number of hydrogen-bond donors (Lipinski definition) is 3. The van der Waals surface area contributed by atoms with E-state index in [1.807, 2.05) is 0 Å². The molecule has 0 aliphatic rings. The molecule has 4 N–H and O–H groups in total. The van der Waals surface area contributed by atoms with E-state index in [0.29, 0.717) is 12.2 Å². The normalized spacial score (nSPS) is 11.8. The second-order valence-electron chi connectivity index (χ2n) is 6.83. The summed E-state index contributed by atoms with van der Waals surface area (Å²) in [5.41, 5.74) is 0.782. The van der Waals surface area contributed by atoms with Crippen LogP contribution in [0.15, 0.2) is 40.4 Å². The van der Waals surface area contributed by atoms with Crippen molar-refractivity contribution in [2.45, 2.75) is 29.7 Å². The molecule has 12 nitrogen and oxygen atoms in total. The van der Waals surface area contributed by atoms with Crippen LogP contribution in [0.5, 0.6) is 0 Å². The molecule has 0 aliphatic heterocycles. The topological polar surface area (TPSA) is 180 Å². The van der Waals surface area contributed by atoms with Gasteiger partial charge in [-0.1, -0.05) is 12.1 Å². The van der Waals surface area contributed by atoms with Crippen LogP contribution in [0.1, 0.15) is 17.8 Å². The zero-order valence-corrected chi connectivity index (χ0v) is 19.2. The smallest absolute Gasteiger partial charge is 0.307 e. The van der Waals surface area contributed by atoms with Crippen LogP contribution in [0.25, 0.3) is 0 Å². The number of imidazole rings is 1. The third-order valence-electron chi connectivity index (χ3n) is 4.34. The molecule has 2 aromatic rings. The van der Waals surface area contributed by atoms with E-state index < -0.39 is 38.5 Å². The van der Waals surface area contributed by atoms with E-state index >= 15 is 0 Å². The van der Waals surface area contributed by atoms with Crippen molar-refractivity contribution in [3.05, 3.63) is 41.9 Å². The monoisotopic (exact) mass is 487 g/mol. The van der Waals surface area contributed by atoms with Crippen molar-refractivity contribution in [2.24, 2.45) is 12.2 Å². The Labute approximate surface area is 186 Å². The van der Waals surface area contributed by atoms with Gasteiger partial charge >= 0.3 is 5.97 Å². The van der Waals surface area contributed by atoms with Crippen LogP contribution >= 0.6 is 0 Å². The highest BCUT2D eigenvalue weighted by Gasteiger charge is 2.18. The zero-order chi connectivity index (χ0) is 23.9. The molecule has 0 saturated heterocycles. The number of carbonyl (C=O) groups is 2. The second kappa shape index (κ2) is 10.7. The minimum absolute atomic E-state index is 0.00497. The maximum Gasteiger partial charge on any atom is 0.307 e. The first kappa shape index (κ1) is 25.5. The molecule has 0 fully saturated rings. The van der Waals surface area contributed by atoms with Crippen LogP contribution in [0, 0.1) is 6.92 Å². The van der Waals surface area contributed by atoms with Crippen molar-refractivity contribution in [1.29, 1.82) is 0 Å². The summed E-state index contributed by atoms with van der Waals surface area (Å²) in [6, 6.07) is 5.91. The number of nitrogens with one attached hydrogen (secondary N) is 2. The highest BCUT2D eigenvalue weighted by Crippen LogP contribution is 2.09. The van der Waals surface area contributed by atoms with Crippen molar-refractivity contribution in [3.8, 4) is 0 Å². The number of sulfonamides is 2. The van der Waals surface area contributed by atoms with Crippen molar-refractivity contribution in [1.82, 2.24) is 19.6 Å². The Bertz CT molecular complexity index is 1150. The first-order valence-corrected chi connectivity index (χ1v) is 12.4. The number of ether oxygens (including phenoxy) is 1. The molecule has 0 atom stereocenters. The van der Waals surface area contributed by atoms with Crippen molar-refractivity contribution in [3.63, 3.8) is 0 Å². The third-order valence-corrected chi connectivity index (χ3v) is 6.60. The molecular formula is C18H25N5O7S2. The molecule has 32 heavy (non-hydrogen) atoms. The standard InChI is InChI=1S/C18H25N5O7S2/c1-13-22-17(11-23(13)2)32(28,29)21-10-8-18(25)30-12-16(24)20-9-7-14-3-5-15(6-4-14)31(19,26)27/h3-6,11,21H,7-10,12H2,1-2H3,(H,20,24)(H2,19,26,27). The maximum absolute atomic E-state index is 12.1. The van der Waals surface area contributed by atoms with Gasteiger partial charge in [-0.05, 0) is 31.0 Å². The molecule has 2 rings (SSSR count). The lowest BCUT2D eigenvalue weighted by atomic mass is 10.1. The second-order valence-corrected chi connectivity index (χ2v) is 10.1. The van der Waals surface area contributed by atoms with Gasteiger partial charge in [0, 0.05) is 26.3 Å². The summed E-state index contributed by atoms with van der Waals surface area (Å²) in [4.78, 5) is 27.4. The van der Waals surface area contributed by atoms with Gasteiger partial charge < -0.3 is 14.6 Å². The Morgan fingerprint density at radius 1 is 1.12 bits per heavy atom. The fourth-order valence-electron chi connectivity index (χ4n) is 2.48. The lowest BCUT2D eigenvalue weighted by Gasteiger charge is -2.08. The van der Waals surface area contributed by atoms with Crippen LogP contribution in [-0.2, 0) is 47.8 Å². The summed E-state index contributed by atoms with van der Waals surface area (Å²) >= 11 is 0. The van der Waals surface area contributed by atoms with E-state index in [0.717, 1.165) is 5.56 Å². The predicted molar refractivity (Wildman–Crippen MR) is 113 cm³/mol. The fourth-order valence-corrected chi connectivity index (χ4v) is 4.06. The van der Waals surface area contributed by atoms with Gasteiger partial charge in [0.25, 0.3) is 15.9 Å². The van der Waals surface area contributed by atoms with Gasteiger partial charge in [0.2, 0.25) is 10.0 Å². The van der Waals surface area contributed by atoms with Crippen molar-refractivity contribution in [2.75, 3.05) is 19.7 Å². The Hall–Kier alpha value is -2.81. The van der Waals surface area contributed by atoms with Crippen LogP contribution < -0.4 is 15.2 Å². The van der Waals surface area contributed by atoms with E-state index in [1.54, 1.807) is 30.7 Å². The van der Waals surface area contributed by atoms with Crippen LogP contribution in [0.2, 0.25) is 0 Å². The molecule has 0 bridgehead atoms. The number of hydrogen-bond acceptors (Lipinski definition) is 8. The summed E-state index contributed by atoms with van der Waals surface area (Å²) in [7, 11) is -5.95. The number of nitrogens with two attached hydrogens (primary N) is 1. The van der Waals surface area contributed by atoms with Crippen molar-refractivity contribution >= 4 is 31.9 Å². The van der Waals surface area contributed by atoms with Gasteiger partial charge in [-0.2, -0.15) is 0 Å². The molecule has 1 aromatic heterocycles. The SMILES string of the molecule is Cc1nc(S(=O)(=O)NCCC(=O)OCC(=O)NCCc2ccc(S(N)(=O)=O)cc2)cn1C. The number of esters is 1. The average molecular weight is 488 g/mol. The largest absolute Gasteiger partial charge is 0.456 e. The average Bonchev–Trinajstić information content (AvgIpc) is 3.05. The summed E-state index contributed by atoms with van der Waals surface area (Å²) in [5, 5.41) is 7.44. The Balaban J connectivity index is 1.66. The number of aryl methyl sites for hydroxylation is 2. The van der Waals surface area contributed by atoms with Crippen LogP contribution in [0.4, 0.5) is 0 Å². The molecule has 1 aromatic carbocycles. The predicted octanol–water partition coefficient (Wildman–Crippen LogP) is -1.05. The number of rotatable bonds is 11. The lowest BCUT2D eigenvalue weighted by Crippen LogP contribution is -2.31. The molecule has 0 spiro atoms. The molecule has 14 heteroatoms. The van der Waals surface area contributed by atoms with E-state index in [1.165, 1.54) is 18.3 Å². The quantitative estimate of drug-likeness (QED) is 0.336. The molecule has 0 aliphatic carbocycles. The molecule has 1 heterocycles. The van der Waals surface area contributed by atoms with E-state index in [9.17, 15) is 26.4 Å². The lowest BCUT2D eigenvalue weighted by molar-refractivity contribution is -0.148. The van der Waals surface area contributed by atoms with Gasteiger partial charge in [-0.15, -0.1) is 0 Å². The van der Waals surface area contributed by atoms with Gasteiger partial charge in [-0.25, -0.2) is 31.7 Å². The van der Waals surface area contributed by atoms with Crippen molar-refractivity contribution < 1.29 is 31.2 Å². The minimum Gasteiger partial charge on any atom is -0.456 e.